The maximum atomic E-state index is 13.5. The van der Waals surface area contributed by atoms with Gasteiger partial charge in [0, 0.05) is 19.0 Å². The molecule has 0 aliphatic carbocycles. The number of alkyl halides is 3. The van der Waals surface area contributed by atoms with Crippen LogP contribution in [0, 0.1) is 13.0 Å². The second kappa shape index (κ2) is 11.6. The van der Waals surface area contributed by atoms with Crippen LogP contribution in [0.15, 0.2) is 60.7 Å². The predicted octanol–water partition coefficient (Wildman–Crippen LogP) is 6.68. The van der Waals surface area contributed by atoms with E-state index in [0.29, 0.717) is 29.6 Å². The molecule has 1 N–H and O–H groups in total. The number of carbonyl (C=O) groups excluding carboxylic acids is 1. The van der Waals surface area contributed by atoms with Gasteiger partial charge >= 0.3 is 12.1 Å². The first-order chi connectivity index (χ1) is 17.9. The molecule has 3 aromatic rings. The number of amides is 1. The SMILES string of the molecule is O=C(O)[C@@H]1Cc2cc(I)c(OCc3cccc(C(F)(F)F)c3)c(I)c2CN1C(=O)/C=C/c1cccc(F)c1. The van der Waals surface area contributed by atoms with Crippen LogP contribution in [-0.4, -0.2) is 27.9 Å². The molecule has 1 heterocycles. The van der Waals surface area contributed by atoms with Crippen molar-refractivity contribution < 1.29 is 37.0 Å². The monoisotopic (exact) mass is 751 g/mol. The summed E-state index contributed by atoms with van der Waals surface area (Å²) in [6, 6.07) is 11.2. The molecule has 0 spiro atoms. The lowest BCUT2D eigenvalue weighted by molar-refractivity contribution is -0.149. The van der Waals surface area contributed by atoms with Crippen LogP contribution < -0.4 is 4.74 Å². The average Bonchev–Trinajstić information content (AvgIpc) is 2.86. The number of carboxylic acids is 1. The number of benzene rings is 3. The molecule has 198 valence electrons. The summed E-state index contributed by atoms with van der Waals surface area (Å²) < 4.78 is 59.9. The van der Waals surface area contributed by atoms with Crippen LogP contribution in [0.2, 0.25) is 0 Å². The summed E-state index contributed by atoms with van der Waals surface area (Å²) in [5, 5.41) is 9.81. The number of ether oxygens (including phenoxy) is 1. The lowest BCUT2D eigenvalue weighted by atomic mass is 9.93. The molecule has 0 saturated carbocycles. The molecule has 0 bridgehead atoms. The zero-order valence-electron chi connectivity index (χ0n) is 19.4. The van der Waals surface area contributed by atoms with Gasteiger partial charge in [-0.15, -0.1) is 0 Å². The van der Waals surface area contributed by atoms with E-state index in [2.05, 4.69) is 0 Å². The molecule has 4 rings (SSSR count). The van der Waals surface area contributed by atoms with Gasteiger partial charge in [0.15, 0.2) is 0 Å². The molecule has 1 amide bonds. The van der Waals surface area contributed by atoms with Crippen LogP contribution in [0.5, 0.6) is 5.75 Å². The molecule has 11 heteroatoms. The Morgan fingerprint density at radius 1 is 1.11 bits per heavy atom. The fourth-order valence-corrected chi connectivity index (χ4v) is 6.37. The van der Waals surface area contributed by atoms with E-state index in [1.165, 1.54) is 47.4 Å². The molecular formula is C27H19F4I2NO4. The van der Waals surface area contributed by atoms with Gasteiger partial charge in [0.2, 0.25) is 5.91 Å². The van der Waals surface area contributed by atoms with Gasteiger partial charge in [0.1, 0.15) is 24.2 Å². The second-order valence-electron chi connectivity index (χ2n) is 8.54. The van der Waals surface area contributed by atoms with E-state index in [4.69, 9.17) is 4.74 Å². The van der Waals surface area contributed by atoms with Gasteiger partial charge in [-0.1, -0.05) is 24.3 Å². The van der Waals surface area contributed by atoms with Crippen molar-refractivity contribution >= 4 is 63.1 Å². The Bertz CT molecular complexity index is 1420. The second-order valence-corrected chi connectivity index (χ2v) is 10.8. The fraction of sp³-hybridized carbons (Fsp3) is 0.185. The third-order valence-electron chi connectivity index (χ3n) is 5.96. The van der Waals surface area contributed by atoms with E-state index in [0.717, 1.165) is 17.7 Å². The van der Waals surface area contributed by atoms with Crippen molar-refractivity contribution in [1.82, 2.24) is 4.90 Å². The van der Waals surface area contributed by atoms with Crippen molar-refractivity contribution in [2.24, 2.45) is 0 Å². The van der Waals surface area contributed by atoms with Gasteiger partial charge in [-0.3, -0.25) is 4.79 Å². The maximum absolute atomic E-state index is 13.5. The topological polar surface area (TPSA) is 66.8 Å². The first-order valence-electron chi connectivity index (χ1n) is 11.2. The molecule has 1 atom stereocenters. The van der Waals surface area contributed by atoms with Crippen molar-refractivity contribution in [3.8, 4) is 5.75 Å². The van der Waals surface area contributed by atoms with Gasteiger partial charge < -0.3 is 14.7 Å². The molecule has 1 aliphatic rings. The molecule has 0 radical (unpaired) electrons. The first-order valence-corrected chi connectivity index (χ1v) is 13.4. The third-order valence-corrected chi connectivity index (χ3v) is 7.90. The minimum Gasteiger partial charge on any atom is -0.487 e. The molecule has 0 unspecified atom stereocenters. The minimum absolute atomic E-state index is 0.00621. The van der Waals surface area contributed by atoms with Crippen molar-refractivity contribution in [3.63, 3.8) is 0 Å². The highest BCUT2D eigenvalue weighted by atomic mass is 127. The summed E-state index contributed by atoms with van der Waals surface area (Å²) in [6.07, 6.45) is -1.77. The Hall–Kier alpha value is -2.68. The Morgan fingerprint density at radius 2 is 1.84 bits per heavy atom. The summed E-state index contributed by atoms with van der Waals surface area (Å²) in [5.74, 6) is -1.72. The fourth-order valence-electron chi connectivity index (χ4n) is 4.09. The number of rotatable bonds is 6. The van der Waals surface area contributed by atoms with E-state index < -0.39 is 35.5 Å². The smallest absolute Gasteiger partial charge is 0.416 e. The summed E-state index contributed by atoms with van der Waals surface area (Å²) >= 11 is 4.09. The molecule has 5 nitrogen and oxygen atoms in total. The average molecular weight is 751 g/mol. The van der Waals surface area contributed by atoms with Crippen LogP contribution in [0.4, 0.5) is 17.6 Å². The molecule has 0 saturated heterocycles. The zero-order valence-corrected chi connectivity index (χ0v) is 23.8. The van der Waals surface area contributed by atoms with E-state index in [1.807, 2.05) is 45.2 Å². The number of aliphatic carboxylic acids is 1. The number of carbonyl (C=O) groups is 2. The predicted molar refractivity (Wildman–Crippen MR) is 149 cm³/mol. The molecule has 0 aromatic heterocycles. The van der Waals surface area contributed by atoms with Gasteiger partial charge in [-0.05, 0) is 104 Å². The van der Waals surface area contributed by atoms with E-state index in [1.54, 1.807) is 12.1 Å². The molecule has 3 aromatic carbocycles. The maximum Gasteiger partial charge on any atom is 0.416 e. The van der Waals surface area contributed by atoms with Crippen LogP contribution >= 0.6 is 45.2 Å². The molecule has 38 heavy (non-hydrogen) atoms. The standard InChI is InChI=1S/C27H19F4I2NO4/c28-19-6-2-3-15(10-19)7-8-23(35)34-13-20-17(12-22(34)26(36)37)11-21(32)25(24(20)33)38-14-16-4-1-5-18(9-16)27(29,30)31/h1-11,22H,12-14H2,(H,36,37)/b8-7+/t22-/m0/s1. The van der Waals surface area contributed by atoms with Crippen molar-refractivity contribution in [3.05, 3.63) is 101 Å². The van der Waals surface area contributed by atoms with Crippen LogP contribution in [-0.2, 0) is 35.3 Å². The number of hydrogen-bond acceptors (Lipinski definition) is 3. The molecule has 1 aliphatic heterocycles. The Morgan fingerprint density at radius 3 is 2.53 bits per heavy atom. The van der Waals surface area contributed by atoms with Crippen molar-refractivity contribution in [2.45, 2.75) is 31.8 Å². The third kappa shape index (κ3) is 6.47. The first kappa shape index (κ1) is 28.3. The van der Waals surface area contributed by atoms with Gasteiger partial charge in [-0.2, -0.15) is 13.2 Å². The highest BCUT2D eigenvalue weighted by Crippen LogP contribution is 2.38. The van der Waals surface area contributed by atoms with E-state index >= 15 is 0 Å². The molecular weight excluding hydrogens is 732 g/mol. The van der Waals surface area contributed by atoms with Crippen LogP contribution in [0.3, 0.4) is 0 Å². The van der Waals surface area contributed by atoms with Gasteiger partial charge in [0.25, 0.3) is 0 Å². The van der Waals surface area contributed by atoms with Crippen molar-refractivity contribution in [1.29, 1.82) is 0 Å². The van der Waals surface area contributed by atoms with E-state index in [-0.39, 0.29) is 19.6 Å². The van der Waals surface area contributed by atoms with Gasteiger partial charge in [-0.25, -0.2) is 9.18 Å². The number of fused-ring (bicyclic) bond motifs is 1. The highest BCUT2D eigenvalue weighted by molar-refractivity contribution is 14.1. The minimum atomic E-state index is -4.47. The lowest BCUT2D eigenvalue weighted by Crippen LogP contribution is -2.48. The highest BCUT2D eigenvalue weighted by Gasteiger charge is 2.36. The summed E-state index contributed by atoms with van der Waals surface area (Å²) in [7, 11) is 0. The number of hydrogen-bond donors (Lipinski definition) is 1. The summed E-state index contributed by atoms with van der Waals surface area (Å²) in [5.41, 5.74) is 1.48. The molecule has 0 fully saturated rings. The lowest BCUT2D eigenvalue weighted by Gasteiger charge is -2.35. The number of nitrogens with zero attached hydrogens (tertiary/aromatic N) is 1. The number of halogens is 6. The summed E-state index contributed by atoms with van der Waals surface area (Å²) in [6.45, 7) is -0.112. The van der Waals surface area contributed by atoms with E-state index in [9.17, 15) is 32.3 Å². The van der Waals surface area contributed by atoms with Gasteiger partial charge in [0.05, 0.1) is 12.7 Å². The normalized spacial score (nSPS) is 15.4. The summed E-state index contributed by atoms with van der Waals surface area (Å²) in [4.78, 5) is 26.3. The Balaban J connectivity index is 1.59. The number of carboxylic acid groups (broad SMARTS) is 1. The van der Waals surface area contributed by atoms with Crippen LogP contribution in [0.25, 0.3) is 6.08 Å². The Kier molecular flexibility index (Phi) is 8.65. The quantitative estimate of drug-likeness (QED) is 0.174. The zero-order chi connectivity index (χ0) is 27.6. The largest absolute Gasteiger partial charge is 0.487 e. The van der Waals surface area contributed by atoms with Crippen LogP contribution in [0.1, 0.15) is 27.8 Å². The Labute approximate surface area is 242 Å². The van der Waals surface area contributed by atoms with Crippen molar-refractivity contribution in [2.75, 3.05) is 0 Å².